The minimum atomic E-state index is -3.80. The first-order valence-electron chi connectivity index (χ1n) is 9.34. The number of carbonyl (C=O) groups excluding carboxylic acids is 1. The van der Waals surface area contributed by atoms with Gasteiger partial charge in [0.05, 0.1) is 23.1 Å². The van der Waals surface area contributed by atoms with Crippen molar-refractivity contribution in [2.24, 2.45) is 0 Å². The molecule has 0 bridgehead atoms. The van der Waals surface area contributed by atoms with E-state index in [0.29, 0.717) is 24.6 Å². The third-order valence-corrected chi connectivity index (χ3v) is 7.08. The Kier molecular flexibility index (Phi) is 6.20. The number of nitrogens with zero attached hydrogens (tertiary/aromatic N) is 3. The van der Waals surface area contributed by atoms with Crippen molar-refractivity contribution >= 4 is 15.9 Å². The number of likely N-dealkylation sites (tertiary alicyclic amines) is 1. The normalized spacial score (nSPS) is 15.3. The molecule has 0 spiro atoms. The summed E-state index contributed by atoms with van der Waals surface area (Å²) < 4.78 is 26.4. The van der Waals surface area contributed by atoms with Crippen LogP contribution in [0.2, 0.25) is 0 Å². The predicted octanol–water partition coefficient (Wildman–Crippen LogP) is 2.29. The molecule has 0 unspecified atom stereocenters. The van der Waals surface area contributed by atoms with Gasteiger partial charge in [0.1, 0.15) is 5.75 Å². The Hall–Kier alpha value is -2.89. The fraction of sp³-hybridized carbons (Fsp3) is 0.333. The topological polar surface area (TPSA) is 102 Å². The van der Waals surface area contributed by atoms with Gasteiger partial charge in [0.2, 0.25) is 15.9 Å². The maximum atomic E-state index is 12.7. The zero-order valence-corrected chi connectivity index (χ0v) is 17.0. The Morgan fingerprint density at radius 2 is 1.72 bits per heavy atom. The van der Waals surface area contributed by atoms with Crippen molar-refractivity contribution in [3.05, 3.63) is 59.7 Å². The molecule has 7 nitrogen and oxygen atoms in total. The highest BCUT2D eigenvalue weighted by atomic mass is 32.2. The molecule has 8 heteroatoms. The van der Waals surface area contributed by atoms with Crippen molar-refractivity contribution in [2.75, 3.05) is 26.7 Å². The van der Waals surface area contributed by atoms with Crippen molar-refractivity contribution in [1.82, 2.24) is 9.21 Å². The van der Waals surface area contributed by atoms with Gasteiger partial charge in [-0.15, -0.1) is 0 Å². The third kappa shape index (κ3) is 4.75. The highest BCUT2D eigenvalue weighted by Gasteiger charge is 2.28. The molecule has 29 heavy (non-hydrogen) atoms. The fourth-order valence-corrected chi connectivity index (χ4v) is 4.59. The molecule has 1 amide bonds. The maximum Gasteiger partial charge on any atom is 0.243 e. The molecule has 1 aliphatic heterocycles. The van der Waals surface area contributed by atoms with Crippen LogP contribution in [0.5, 0.6) is 5.75 Å². The van der Waals surface area contributed by atoms with Crippen LogP contribution >= 0.6 is 0 Å². The Morgan fingerprint density at radius 3 is 2.28 bits per heavy atom. The van der Waals surface area contributed by atoms with Crippen LogP contribution in [-0.2, 0) is 14.8 Å². The molecule has 1 fully saturated rings. The number of carbonyl (C=O) groups is 1. The van der Waals surface area contributed by atoms with E-state index in [1.807, 2.05) is 18.2 Å². The average Bonchev–Trinajstić information content (AvgIpc) is 2.74. The van der Waals surface area contributed by atoms with E-state index in [2.05, 4.69) is 0 Å². The Labute approximate surface area is 170 Å². The van der Waals surface area contributed by atoms with Crippen molar-refractivity contribution < 1.29 is 18.3 Å². The van der Waals surface area contributed by atoms with Gasteiger partial charge >= 0.3 is 0 Å². The van der Waals surface area contributed by atoms with Gasteiger partial charge in [-0.1, -0.05) is 12.1 Å². The van der Waals surface area contributed by atoms with Crippen LogP contribution in [0.25, 0.3) is 0 Å². The molecular weight excluding hydrogens is 390 g/mol. The van der Waals surface area contributed by atoms with E-state index in [1.54, 1.807) is 17.0 Å². The summed E-state index contributed by atoms with van der Waals surface area (Å²) >= 11 is 0. The van der Waals surface area contributed by atoms with Gasteiger partial charge in [0.25, 0.3) is 0 Å². The number of phenols is 1. The second-order valence-corrected chi connectivity index (χ2v) is 9.19. The molecular formula is C21H23N3O4S. The number of piperidine rings is 1. The third-order valence-electron chi connectivity index (χ3n) is 5.26. The quantitative estimate of drug-likeness (QED) is 0.810. The van der Waals surface area contributed by atoms with Crippen molar-refractivity contribution in [1.29, 1.82) is 5.26 Å². The molecule has 2 aromatic carbocycles. The number of aromatic hydroxyl groups is 1. The number of benzene rings is 2. The molecule has 152 valence electrons. The summed E-state index contributed by atoms with van der Waals surface area (Å²) in [7, 11) is -2.42. The molecule has 0 radical (unpaired) electrons. The first-order valence-corrected chi connectivity index (χ1v) is 10.8. The van der Waals surface area contributed by atoms with Crippen LogP contribution in [0.3, 0.4) is 0 Å². The van der Waals surface area contributed by atoms with Crippen LogP contribution in [-0.4, -0.2) is 55.3 Å². The zero-order valence-electron chi connectivity index (χ0n) is 16.2. The minimum Gasteiger partial charge on any atom is -0.508 e. The Morgan fingerprint density at radius 1 is 1.14 bits per heavy atom. The number of likely N-dealkylation sites (N-methyl/N-ethyl adjacent to an activating group) is 1. The summed E-state index contributed by atoms with van der Waals surface area (Å²) in [4.78, 5) is 14.4. The monoisotopic (exact) mass is 413 g/mol. The number of hydrogen-bond acceptors (Lipinski definition) is 5. The lowest BCUT2D eigenvalue weighted by Gasteiger charge is -2.33. The number of nitriles is 1. The van der Waals surface area contributed by atoms with Crippen molar-refractivity contribution in [3.63, 3.8) is 0 Å². The number of phenolic OH excluding ortho intramolecular Hbond substituents is 1. The molecule has 1 saturated heterocycles. The SMILES string of the molecule is CN(CC(=O)N1CCC(c2ccc(O)cc2)CC1)S(=O)(=O)c1ccc(C#N)cc1. The van der Waals surface area contributed by atoms with Gasteiger partial charge in [-0.2, -0.15) is 9.57 Å². The lowest BCUT2D eigenvalue weighted by molar-refractivity contribution is -0.132. The van der Waals surface area contributed by atoms with E-state index in [-0.39, 0.29) is 23.1 Å². The van der Waals surface area contributed by atoms with Gasteiger partial charge in [-0.25, -0.2) is 8.42 Å². The second-order valence-electron chi connectivity index (χ2n) is 7.14. The smallest absolute Gasteiger partial charge is 0.243 e. The Balaban J connectivity index is 1.58. The number of hydrogen-bond donors (Lipinski definition) is 1. The van der Waals surface area contributed by atoms with Gasteiger partial charge < -0.3 is 10.0 Å². The standard InChI is InChI=1S/C21H23N3O4S/c1-23(29(27,28)20-8-2-16(14-22)3-9-20)15-21(26)24-12-10-18(11-13-24)17-4-6-19(25)7-5-17/h2-9,18,25H,10-13,15H2,1H3. The van der Waals surface area contributed by atoms with Gasteiger partial charge in [0.15, 0.2) is 0 Å². The van der Waals surface area contributed by atoms with E-state index in [1.165, 1.54) is 31.3 Å². The second kappa shape index (κ2) is 8.64. The maximum absolute atomic E-state index is 12.7. The average molecular weight is 413 g/mol. The van der Waals surface area contributed by atoms with Gasteiger partial charge in [-0.3, -0.25) is 4.79 Å². The summed E-state index contributed by atoms with van der Waals surface area (Å²) in [5.74, 6) is 0.321. The largest absolute Gasteiger partial charge is 0.508 e. The minimum absolute atomic E-state index is 0.0536. The van der Waals surface area contributed by atoms with Gasteiger partial charge in [0, 0.05) is 20.1 Å². The lowest BCUT2D eigenvalue weighted by atomic mass is 9.89. The molecule has 3 rings (SSSR count). The van der Waals surface area contributed by atoms with Crippen LogP contribution in [0.4, 0.5) is 0 Å². The highest BCUT2D eigenvalue weighted by molar-refractivity contribution is 7.89. The highest BCUT2D eigenvalue weighted by Crippen LogP contribution is 2.29. The molecule has 1 N–H and O–H groups in total. The zero-order chi connectivity index (χ0) is 21.0. The van der Waals surface area contributed by atoms with Crippen LogP contribution in [0, 0.1) is 11.3 Å². The first kappa shape index (κ1) is 20.8. The molecule has 0 atom stereocenters. The van der Waals surface area contributed by atoms with Crippen molar-refractivity contribution in [2.45, 2.75) is 23.7 Å². The molecule has 1 aliphatic rings. The van der Waals surface area contributed by atoms with Gasteiger partial charge in [-0.05, 0) is 60.7 Å². The lowest BCUT2D eigenvalue weighted by Crippen LogP contribution is -2.44. The summed E-state index contributed by atoms with van der Waals surface area (Å²) in [5.41, 5.74) is 1.51. The van der Waals surface area contributed by atoms with Crippen molar-refractivity contribution in [3.8, 4) is 11.8 Å². The van der Waals surface area contributed by atoms with Crippen LogP contribution in [0.1, 0.15) is 29.9 Å². The number of sulfonamides is 1. The Bertz CT molecular complexity index is 1000. The molecule has 2 aromatic rings. The summed E-state index contributed by atoms with van der Waals surface area (Å²) in [6.07, 6.45) is 1.59. The molecule has 0 aromatic heterocycles. The summed E-state index contributed by atoms with van der Waals surface area (Å²) in [5, 5.41) is 18.2. The van der Waals surface area contributed by atoms with E-state index in [9.17, 15) is 18.3 Å². The first-order chi connectivity index (χ1) is 13.8. The molecule has 0 aliphatic carbocycles. The number of rotatable bonds is 5. The fourth-order valence-electron chi connectivity index (χ4n) is 3.47. The molecule has 1 heterocycles. The van der Waals surface area contributed by atoms with E-state index >= 15 is 0 Å². The van der Waals surface area contributed by atoms with Crippen LogP contribution < -0.4 is 0 Å². The predicted molar refractivity (Wildman–Crippen MR) is 108 cm³/mol. The molecule has 0 saturated carbocycles. The van der Waals surface area contributed by atoms with Crippen LogP contribution in [0.15, 0.2) is 53.4 Å². The number of amides is 1. The summed E-state index contributed by atoms with van der Waals surface area (Å²) in [6.45, 7) is 0.899. The van der Waals surface area contributed by atoms with E-state index in [0.717, 1.165) is 22.7 Å². The summed E-state index contributed by atoms with van der Waals surface area (Å²) in [6, 6.07) is 14.7. The van der Waals surface area contributed by atoms with E-state index < -0.39 is 10.0 Å². The van der Waals surface area contributed by atoms with E-state index in [4.69, 9.17) is 5.26 Å².